The minimum absolute atomic E-state index is 0.799. The van der Waals surface area contributed by atoms with Gasteiger partial charge in [0.25, 0.3) is 0 Å². The molecule has 3 N–H and O–H groups in total. The van der Waals surface area contributed by atoms with Crippen LogP contribution < -0.4 is 10.5 Å². The summed E-state index contributed by atoms with van der Waals surface area (Å²) in [7, 11) is 0. The predicted molar refractivity (Wildman–Crippen MR) is 70.0 cm³/mol. The smallest absolute Gasteiger partial charge is 0.0171 e. The maximum atomic E-state index is 5.45. The largest absolute Gasteiger partial charge is 0.330 e. The second kappa shape index (κ2) is 9.49. The second-order valence-corrected chi connectivity index (χ2v) is 5.44. The number of nitrogens with two attached hydrogens (primary N) is 1. The van der Waals surface area contributed by atoms with Crippen molar-refractivity contribution in [2.24, 2.45) is 5.73 Å². The third-order valence-corrected chi connectivity index (χ3v) is 4.05. The van der Waals surface area contributed by atoms with Crippen LogP contribution in [0.5, 0.6) is 0 Å². The van der Waals surface area contributed by atoms with E-state index in [9.17, 15) is 0 Å². The van der Waals surface area contributed by atoms with Gasteiger partial charge in [0.05, 0.1) is 0 Å². The van der Waals surface area contributed by atoms with Gasteiger partial charge in [-0.1, -0.05) is 44.1 Å². The van der Waals surface area contributed by atoms with Gasteiger partial charge >= 0.3 is 0 Å². The van der Waals surface area contributed by atoms with Gasteiger partial charge in [-0.05, 0) is 32.2 Å². The van der Waals surface area contributed by atoms with Crippen molar-refractivity contribution in [2.45, 2.75) is 63.8 Å². The number of rotatable bonds is 8. The third-order valence-electron chi connectivity index (χ3n) is 3.06. The molecule has 0 aromatic carbocycles. The van der Waals surface area contributed by atoms with Gasteiger partial charge in [0.15, 0.2) is 0 Å². The van der Waals surface area contributed by atoms with E-state index < -0.39 is 0 Å². The Labute approximate surface area is 98.9 Å². The molecule has 0 unspecified atom stereocenters. The molecule has 1 aliphatic rings. The fourth-order valence-electron chi connectivity index (χ4n) is 2.07. The molecule has 1 rings (SSSR count). The predicted octanol–water partition coefficient (Wildman–Crippen LogP) is 3.08. The van der Waals surface area contributed by atoms with Gasteiger partial charge in [-0.15, -0.1) is 0 Å². The summed E-state index contributed by atoms with van der Waals surface area (Å²) in [4.78, 5) is 0. The molecule has 1 aliphatic carbocycles. The Morgan fingerprint density at radius 3 is 2.47 bits per heavy atom. The summed E-state index contributed by atoms with van der Waals surface area (Å²) in [5, 5.41) is 0. The molecule has 1 fully saturated rings. The first-order chi connectivity index (χ1) is 7.43. The summed E-state index contributed by atoms with van der Waals surface area (Å²) in [5.74, 6) is 1.26. The maximum Gasteiger partial charge on any atom is 0.0171 e. The van der Waals surface area contributed by atoms with Gasteiger partial charge < -0.3 is 5.73 Å². The number of hydrogen-bond donors (Lipinski definition) is 2. The molecule has 0 heterocycles. The molecule has 0 radical (unpaired) electrons. The van der Waals surface area contributed by atoms with E-state index >= 15 is 0 Å². The van der Waals surface area contributed by atoms with Crippen molar-refractivity contribution in [1.29, 1.82) is 0 Å². The van der Waals surface area contributed by atoms with Crippen LogP contribution >= 0.6 is 11.9 Å². The molecule has 0 bridgehead atoms. The average molecular weight is 230 g/mol. The summed E-state index contributed by atoms with van der Waals surface area (Å²) in [6.07, 6.45) is 12.3. The lowest BCUT2D eigenvalue weighted by atomic mass is 9.96. The zero-order valence-electron chi connectivity index (χ0n) is 9.84. The zero-order valence-corrected chi connectivity index (χ0v) is 10.7. The number of hydrogen-bond acceptors (Lipinski definition) is 3. The molecule has 0 saturated heterocycles. The monoisotopic (exact) mass is 230 g/mol. The first-order valence-corrected chi connectivity index (χ1v) is 7.49. The molecule has 0 aromatic rings. The third kappa shape index (κ3) is 7.20. The Morgan fingerprint density at radius 2 is 1.73 bits per heavy atom. The molecule has 1 saturated carbocycles. The van der Waals surface area contributed by atoms with Crippen LogP contribution in [0.25, 0.3) is 0 Å². The van der Waals surface area contributed by atoms with Gasteiger partial charge in [0, 0.05) is 11.8 Å². The van der Waals surface area contributed by atoms with Gasteiger partial charge in [-0.2, -0.15) is 0 Å². The zero-order chi connectivity index (χ0) is 10.8. The van der Waals surface area contributed by atoms with Crippen LogP contribution in [0.2, 0.25) is 0 Å². The summed E-state index contributed by atoms with van der Waals surface area (Å²) in [6, 6.07) is 0.799. The Balaban J connectivity index is 1.79. The van der Waals surface area contributed by atoms with Crippen LogP contribution in [0.3, 0.4) is 0 Å². The van der Waals surface area contributed by atoms with Crippen LogP contribution in [0, 0.1) is 0 Å². The quantitative estimate of drug-likeness (QED) is 0.497. The lowest BCUT2D eigenvalue weighted by Gasteiger charge is -2.22. The van der Waals surface area contributed by atoms with Gasteiger partial charge in [-0.25, -0.2) is 0 Å². The molecular weight excluding hydrogens is 204 g/mol. The van der Waals surface area contributed by atoms with E-state index in [0.717, 1.165) is 12.6 Å². The molecule has 90 valence electrons. The summed E-state index contributed by atoms with van der Waals surface area (Å²) in [6.45, 7) is 0.855. The van der Waals surface area contributed by atoms with E-state index in [1.165, 1.54) is 63.5 Å². The van der Waals surface area contributed by atoms with Crippen LogP contribution in [-0.4, -0.2) is 18.3 Å². The highest BCUT2D eigenvalue weighted by atomic mass is 32.2. The SMILES string of the molecule is NCCCCCCSNC1CCCCC1. The number of nitrogens with one attached hydrogen (secondary N) is 1. The molecule has 0 aromatic heterocycles. The minimum Gasteiger partial charge on any atom is -0.330 e. The van der Waals surface area contributed by atoms with Crippen molar-refractivity contribution in [1.82, 2.24) is 4.72 Å². The lowest BCUT2D eigenvalue weighted by molar-refractivity contribution is 0.423. The van der Waals surface area contributed by atoms with E-state index in [1.54, 1.807) is 0 Å². The van der Waals surface area contributed by atoms with Crippen LogP contribution in [-0.2, 0) is 0 Å². The van der Waals surface area contributed by atoms with Crippen molar-refractivity contribution >= 4 is 11.9 Å². The fourth-order valence-corrected chi connectivity index (χ4v) is 3.01. The average Bonchev–Trinajstić information content (AvgIpc) is 2.29. The fraction of sp³-hybridized carbons (Fsp3) is 1.00. The maximum absolute atomic E-state index is 5.45. The molecular formula is C12H26N2S. The minimum atomic E-state index is 0.799. The summed E-state index contributed by atoms with van der Waals surface area (Å²) < 4.78 is 3.60. The lowest BCUT2D eigenvalue weighted by Crippen LogP contribution is -2.25. The van der Waals surface area contributed by atoms with Crippen molar-refractivity contribution in [3.05, 3.63) is 0 Å². The molecule has 0 spiro atoms. The van der Waals surface area contributed by atoms with Crippen molar-refractivity contribution in [3.63, 3.8) is 0 Å². The van der Waals surface area contributed by atoms with Crippen LogP contribution in [0.4, 0.5) is 0 Å². The Bertz CT molecular complexity index is 136. The Morgan fingerprint density at radius 1 is 1.00 bits per heavy atom. The highest BCUT2D eigenvalue weighted by molar-refractivity contribution is 7.97. The highest BCUT2D eigenvalue weighted by Gasteiger charge is 2.11. The van der Waals surface area contributed by atoms with Crippen LogP contribution in [0.15, 0.2) is 0 Å². The van der Waals surface area contributed by atoms with E-state index in [2.05, 4.69) is 4.72 Å². The summed E-state index contributed by atoms with van der Waals surface area (Å²) >= 11 is 1.94. The van der Waals surface area contributed by atoms with Gasteiger partial charge in [0.2, 0.25) is 0 Å². The van der Waals surface area contributed by atoms with E-state index in [-0.39, 0.29) is 0 Å². The van der Waals surface area contributed by atoms with Gasteiger partial charge in [0.1, 0.15) is 0 Å². The Kier molecular flexibility index (Phi) is 8.44. The topological polar surface area (TPSA) is 38.0 Å². The second-order valence-electron chi connectivity index (χ2n) is 4.50. The highest BCUT2D eigenvalue weighted by Crippen LogP contribution is 2.19. The standard InChI is InChI=1S/C12H26N2S/c13-10-6-1-2-7-11-15-14-12-8-4-3-5-9-12/h12,14H,1-11,13H2. The van der Waals surface area contributed by atoms with E-state index in [1.807, 2.05) is 11.9 Å². The molecule has 0 amide bonds. The molecule has 2 nitrogen and oxygen atoms in total. The molecule has 0 atom stereocenters. The van der Waals surface area contributed by atoms with Crippen molar-refractivity contribution < 1.29 is 0 Å². The van der Waals surface area contributed by atoms with Crippen molar-refractivity contribution in [2.75, 3.05) is 12.3 Å². The normalized spacial score (nSPS) is 18.2. The first kappa shape index (κ1) is 13.3. The van der Waals surface area contributed by atoms with E-state index in [4.69, 9.17) is 5.73 Å². The summed E-state index contributed by atoms with van der Waals surface area (Å²) in [5.41, 5.74) is 5.45. The number of unbranched alkanes of at least 4 members (excludes halogenated alkanes) is 3. The first-order valence-electron chi connectivity index (χ1n) is 6.51. The van der Waals surface area contributed by atoms with Crippen molar-refractivity contribution in [3.8, 4) is 0 Å². The molecule has 15 heavy (non-hydrogen) atoms. The Hall–Kier alpha value is 0.270. The van der Waals surface area contributed by atoms with E-state index in [0.29, 0.717) is 0 Å². The van der Waals surface area contributed by atoms with Gasteiger partial charge in [-0.3, -0.25) is 4.72 Å². The molecule has 3 heteroatoms. The molecule has 0 aliphatic heterocycles. The van der Waals surface area contributed by atoms with Crippen LogP contribution in [0.1, 0.15) is 57.8 Å².